The second-order valence-electron chi connectivity index (χ2n) is 6.60. The highest BCUT2D eigenvalue weighted by atomic mass is 16.5. The lowest BCUT2D eigenvalue weighted by Crippen LogP contribution is -2.32. The number of aliphatic carboxylic acids is 1. The number of carbonyl (C=O) groups excluding carboxylic acids is 1. The molecule has 0 aliphatic rings. The van der Waals surface area contributed by atoms with Crippen LogP contribution in [0.2, 0.25) is 0 Å². The molecule has 8 heteroatoms. The number of rotatable bonds is 9. The summed E-state index contributed by atoms with van der Waals surface area (Å²) in [4.78, 5) is 25.3. The molecule has 0 spiro atoms. The van der Waals surface area contributed by atoms with Crippen LogP contribution in [0, 0.1) is 6.92 Å². The minimum atomic E-state index is -0.884. The largest absolute Gasteiger partial charge is 0.481 e. The van der Waals surface area contributed by atoms with Crippen molar-refractivity contribution in [1.29, 1.82) is 0 Å². The number of carboxylic acids is 1. The number of carboxylic acid groups (broad SMARTS) is 1. The molecular formula is C20H22N4O4. The van der Waals surface area contributed by atoms with Crippen LogP contribution in [0.15, 0.2) is 53.3 Å². The predicted octanol–water partition coefficient (Wildman–Crippen LogP) is 2.74. The van der Waals surface area contributed by atoms with E-state index < -0.39 is 5.97 Å². The molecule has 0 fully saturated rings. The fourth-order valence-corrected chi connectivity index (χ4v) is 2.84. The highest BCUT2D eigenvalue weighted by Gasteiger charge is 2.20. The molecule has 1 amide bonds. The van der Waals surface area contributed by atoms with Crippen LogP contribution in [-0.2, 0) is 17.9 Å². The van der Waals surface area contributed by atoms with Gasteiger partial charge in [-0.2, -0.15) is 5.10 Å². The van der Waals surface area contributed by atoms with Gasteiger partial charge in [0.05, 0.1) is 6.20 Å². The Balaban J connectivity index is 1.71. The number of aryl methyl sites for hydroxylation is 1. The second kappa shape index (κ2) is 8.98. The van der Waals surface area contributed by atoms with Crippen LogP contribution in [-0.4, -0.2) is 43.4 Å². The van der Waals surface area contributed by atoms with E-state index in [-0.39, 0.29) is 18.0 Å². The van der Waals surface area contributed by atoms with Crippen molar-refractivity contribution in [3.63, 3.8) is 0 Å². The van der Waals surface area contributed by atoms with Crippen LogP contribution in [0.5, 0.6) is 0 Å². The van der Waals surface area contributed by atoms with Gasteiger partial charge in [0, 0.05) is 31.8 Å². The van der Waals surface area contributed by atoms with E-state index >= 15 is 0 Å². The van der Waals surface area contributed by atoms with E-state index in [2.05, 4.69) is 10.3 Å². The van der Waals surface area contributed by atoms with Gasteiger partial charge < -0.3 is 14.5 Å². The van der Waals surface area contributed by atoms with Gasteiger partial charge in [0.15, 0.2) is 11.5 Å². The van der Waals surface area contributed by atoms with Gasteiger partial charge in [0.25, 0.3) is 5.91 Å². The summed E-state index contributed by atoms with van der Waals surface area (Å²) in [6.45, 7) is 3.02. The normalized spacial score (nSPS) is 10.8. The van der Waals surface area contributed by atoms with Gasteiger partial charge in [0.2, 0.25) is 0 Å². The van der Waals surface area contributed by atoms with Gasteiger partial charge in [0.1, 0.15) is 6.54 Å². The molecule has 1 N–H and O–H groups in total. The van der Waals surface area contributed by atoms with Gasteiger partial charge in [-0.15, -0.1) is 0 Å². The average Bonchev–Trinajstić information content (AvgIpc) is 3.30. The maximum atomic E-state index is 12.9. The summed E-state index contributed by atoms with van der Waals surface area (Å²) in [5.74, 6) is -0.650. The van der Waals surface area contributed by atoms with Gasteiger partial charge in [-0.1, -0.05) is 35.5 Å². The van der Waals surface area contributed by atoms with Gasteiger partial charge in [-0.25, -0.2) is 0 Å². The Kier molecular flexibility index (Phi) is 6.21. The smallest absolute Gasteiger partial charge is 0.303 e. The molecule has 0 atom stereocenters. The van der Waals surface area contributed by atoms with E-state index in [1.165, 1.54) is 0 Å². The van der Waals surface area contributed by atoms with E-state index in [1.54, 1.807) is 21.8 Å². The number of benzene rings is 1. The van der Waals surface area contributed by atoms with Gasteiger partial charge in [-0.05, 0) is 24.5 Å². The van der Waals surface area contributed by atoms with E-state index in [1.807, 2.05) is 43.5 Å². The minimum absolute atomic E-state index is 0.00127. The standard InChI is InChI=1S/C20H22N4O4/c1-15-11-21-24(12-15)14-17-10-18(22-28-17)20(27)23(9-5-8-19(25)26)13-16-6-3-2-4-7-16/h2-4,6-7,10-12H,5,8-9,13-14H2,1H3,(H,25,26). The lowest BCUT2D eigenvalue weighted by atomic mass is 10.2. The summed E-state index contributed by atoms with van der Waals surface area (Å²) >= 11 is 0. The van der Waals surface area contributed by atoms with Crippen molar-refractivity contribution in [1.82, 2.24) is 19.8 Å². The third-order valence-corrected chi connectivity index (χ3v) is 4.18. The van der Waals surface area contributed by atoms with E-state index in [9.17, 15) is 9.59 Å². The number of aromatic nitrogens is 3. The molecule has 0 saturated carbocycles. The Morgan fingerprint density at radius 3 is 2.71 bits per heavy atom. The van der Waals surface area contributed by atoms with Crippen LogP contribution in [0.1, 0.15) is 40.2 Å². The Labute approximate surface area is 162 Å². The molecule has 2 heterocycles. The zero-order chi connectivity index (χ0) is 19.9. The molecule has 2 aromatic heterocycles. The van der Waals surface area contributed by atoms with E-state index in [0.717, 1.165) is 11.1 Å². The fourth-order valence-electron chi connectivity index (χ4n) is 2.84. The molecule has 1 aromatic carbocycles. The third kappa shape index (κ3) is 5.29. The zero-order valence-electron chi connectivity index (χ0n) is 15.6. The van der Waals surface area contributed by atoms with Crippen LogP contribution < -0.4 is 0 Å². The number of amides is 1. The summed E-state index contributed by atoms with van der Waals surface area (Å²) in [6.07, 6.45) is 3.98. The molecule has 8 nitrogen and oxygen atoms in total. The monoisotopic (exact) mass is 382 g/mol. The highest BCUT2D eigenvalue weighted by Crippen LogP contribution is 2.13. The number of carbonyl (C=O) groups is 2. The summed E-state index contributed by atoms with van der Waals surface area (Å²) in [5, 5.41) is 17.0. The summed E-state index contributed by atoms with van der Waals surface area (Å²) in [5.41, 5.74) is 2.19. The summed E-state index contributed by atoms with van der Waals surface area (Å²) in [6, 6.07) is 11.2. The number of nitrogens with zero attached hydrogens (tertiary/aromatic N) is 4. The molecule has 3 aromatic rings. The second-order valence-corrected chi connectivity index (χ2v) is 6.60. The van der Waals surface area contributed by atoms with Gasteiger partial charge >= 0.3 is 5.97 Å². The summed E-state index contributed by atoms with van der Waals surface area (Å²) in [7, 11) is 0. The minimum Gasteiger partial charge on any atom is -0.481 e. The Morgan fingerprint density at radius 2 is 2.04 bits per heavy atom. The van der Waals surface area contributed by atoms with Crippen LogP contribution in [0.25, 0.3) is 0 Å². The van der Waals surface area contributed by atoms with Crippen molar-refractivity contribution >= 4 is 11.9 Å². The first-order valence-corrected chi connectivity index (χ1v) is 9.01. The highest BCUT2D eigenvalue weighted by molar-refractivity contribution is 5.92. The molecule has 3 rings (SSSR count). The molecule has 0 saturated heterocycles. The zero-order valence-corrected chi connectivity index (χ0v) is 15.6. The number of hydrogen-bond acceptors (Lipinski definition) is 5. The Hall–Kier alpha value is -3.42. The van der Waals surface area contributed by atoms with Crippen LogP contribution in [0.3, 0.4) is 0 Å². The molecule has 0 radical (unpaired) electrons. The first-order chi connectivity index (χ1) is 13.5. The van der Waals surface area contributed by atoms with Crippen molar-refractivity contribution in [2.75, 3.05) is 6.54 Å². The summed E-state index contributed by atoms with van der Waals surface area (Å²) < 4.78 is 7.00. The topological polar surface area (TPSA) is 101 Å². The lowest BCUT2D eigenvalue weighted by Gasteiger charge is -2.21. The van der Waals surface area contributed by atoms with Crippen LogP contribution in [0.4, 0.5) is 0 Å². The molecule has 28 heavy (non-hydrogen) atoms. The third-order valence-electron chi connectivity index (χ3n) is 4.18. The fraction of sp³-hybridized carbons (Fsp3) is 0.300. The maximum Gasteiger partial charge on any atom is 0.303 e. The quantitative estimate of drug-likeness (QED) is 0.611. The lowest BCUT2D eigenvalue weighted by molar-refractivity contribution is -0.137. The van der Waals surface area contributed by atoms with Crippen molar-refractivity contribution < 1.29 is 19.2 Å². The Morgan fingerprint density at radius 1 is 1.25 bits per heavy atom. The first kappa shape index (κ1) is 19.3. The maximum absolute atomic E-state index is 12.9. The predicted molar refractivity (Wildman–Crippen MR) is 101 cm³/mol. The molecule has 0 unspecified atom stereocenters. The Bertz CT molecular complexity index is 933. The van der Waals surface area contributed by atoms with Crippen molar-refractivity contribution in [3.8, 4) is 0 Å². The average molecular weight is 382 g/mol. The van der Waals surface area contributed by atoms with E-state index in [0.29, 0.717) is 31.8 Å². The number of hydrogen-bond donors (Lipinski definition) is 1. The molecule has 0 aliphatic carbocycles. The van der Waals surface area contributed by atoms with Crippen molar-refractivity contribution in [2.45, 2.75) is 32.9 Å². The SMILES string of the molecule is Cc1cnn(Cc2cc(C(=O)N(CCCC(=O)O)Cc3ccccc3)no2)c1. The van der Waals surface area contributed by atoms with Gasteiger partial charge in [-0.3, -0.25) is 14.3 Å². The van der Waals surface area contributed by atoms with Crippen LogP contribution >= 0.6 is 0 Å². The molecular weight excluding hydrogens is 360 g/mol. The molecule has 0 aliphatic heterocycles. The molecule has 146 valence electrons. The van der Waals surface area contributed by atoms with Crippen molar-refractivity contribution in [3.05, 3.63) is 71.4 Å². The molecule has 0 bridgehead atoms. The van der Waals surface area contributed by atoms with E-state index in [4.69, 9.17) is 9.63 Å². The van der Waals surface area contributed by atoms with Crippen molar-refractivity contribution in [2.24, 2.45) is 0 Å². The first-order valence-electron chi connectivity index (χ1n) is 9.01.